The second kappa shape index (κ2) is 42.2. The van der Waals surface area contributed by atoms with Gasteiger partial charge in [0.1, 0.15) is 5.52 Å². The van der Waals surface area contributed by atoms with E-state index in [0.717, 1.165) is 11.0 Å². The first-order valence-electron chi connectivity index (χ1n) is 16.7. The maximum atomic E-state index is 5.82. The van der Waals surface area contributed by atoms with Gasteiger partial charge in [-0.2, -0.15) is 0 Å². The summed E-state index contributed by atoms with van der Waals surface area (Å²) < 4.78 is 0. The summed E-state index contributed by atoms with van der Waals surface area (Å²) in [6.07, 6.45) is 6.58. The predicted octanol–water partition coefficient (Wildman–Crippen LogP) is 2.94. The molecule has 274 valence electrons. The zero-order valence-electron chi connectivity index (χ0n) is 33.2. The molecule has 2 rings (SSSR count). The SMILES string of the molecule is C#CC#CC#CC#CC#CC#CC#CC#CC#CC#CC#CC#CC#CC#CC#CC#CC#CC#CC#CC#CC#CC#CC#CC#CC#CC#CC#CC.Clc1cccc2[nH]cnc12. The molecule has 0 bridgehead atoms. The Balaban J connectivity index is 0.00000182. The average molecular weight is 817 g/mol. The molecular weight excluding hydrogens is 808 g/mol. The van der Waals surface area contributed by atoms with Crippen molar-refractivity contribution in [3.05, 3.63) is 29.5 Å². The van der Waals surface area contributed by atoms with Gasteiger partial charge in [-0.1, -0.05) is 23.6 Å². The number of imidazole rings is 1. The Morgan fingerprint density at radius 1 is 0.338 bits per heavy atom. The summed E-state index contributed by atoms with van der Waals surface area (Å²) in [5, 5.41) is 0.693. The van der Waals surface area contributed by atoms with Crippen molar-refractivity contribution in [1.82, 2.24) is 9.97 Å². The third-order valence-corrected chi connectivity index (χ3v) is 5.03. The number of H-pyrrole nitrogens is 1. The number of aromatic amines is 1. The van der Waals surface area contributed by atoms with E-state index in [1.807, 2.05) is 18.2 Å². The molecular formula is C62H9ClN2. The first-order valence-corrected chi connectivity index (χ1v) is 17.1. The first-order chi connectivity index (χ1) is 32.3. The van der Waals surface area contributed by atoms with E-state index in [-0.39, 0.29) is 0 Å². The second-order valence-electron chi connectivity index (χ2n) is 8.81. The van der Waals surface area contributed by atoms with Crippen LogP contribution >= 0.6 is 11.6 Å². The molecule has 3 heteroatoms. The number of hydrogen-bond donors (Lipinski definition) is 1. The van der Waals surface area contributed by atoms with E-state index in [1.54, 1.807) is 13.3 Å². The van der Waals surface area contributed by atoms with Crippen LogP contribution in [0.25, 0.3) is 11.0 Å². The molecule has 0 radical (unpaired) electrons. The van der Waals surface area contributed by atoms with E-state index in [1.165, 1.54) is 0 Å². The molecule has 0 unspecified atom stereocenters. The number of nitrogens with one attached hydrogen (secondary N) is 1. The Morgan fingerprint density at radius 3 is 0.754 bits per heavy atom. The maximum absolute atomic E-state index is 5.82. The Labute approximate surface area is 387 Å². The Bertz CT molecular complexity index is 4090. The van der Waals surface area contributed by atoms with Gasteiger partial charge in [0.05, 0.1) is 16.9 Å². The number of fused-ring (bicyclic) bond motifs is 1. The van der Waals surface area contributed by atoms with Crippen LogP contribution < -0.4 is 0 Å². The molecule has 0 saturated heterocycles. The minimum absolute atomic E-state index is 0.693. The number of halogens is 1. The minimum Gasteiger partial charge on any atom is -0.345 e. The summed E-state index contributed by atoms with van der Waals surface area (Å²) in [5.74, 6) is 132. The van der Waals surface area contributed by atoms with Crippen molar-refractivity contribution in [2.75, 3.05) is 0 Å². The number of aromatic nitrogens is 2. The fraction of sp³-hybridized carbons (Fsp3) is 0.0161. The molecule has 0 saturated carbocycles. The maximum Gasteiger partial charge on any atom is 0.107 e. The zero-order chi connectivity index (χ0) is 46.5. The van der Waals surface area contributed by atoms with Gasteiger partial charge in [0.15, 0.2) is 0 Å². The highest BCUT2D eigenvalue weighted by molar-refractivity contribution is 6.34. The molecule has 0 amide bonds. The third kappa shape index (κ3) is 35.3. The van der Waals surface area contributed by atoms with E-state index >= 15 is 0 Å². The molecule has 0 aliphatic heterocycles. The van der Waals surface area contributed by atoms with E-state index in [0.29, 0.717) is 5.02 Å². The molecule has 1 N–H and O–H groups in total. The van der Waals surface area contributed by atoms with Crippen molar-refractivity contribution in [3.8, 4) is 320 Å². The van der Waals surface area contributed by atoms with E-state index < -0.39 is 0 Å². The fourth-order valence-electron chi connectivity index (χ4n) is 2.56. The summed E-state index contributed by atoms with van der Waals surface area (Å²) in [6, 6.07) is 5.65. The van der Waals surface area contributed by atoms with Gasteiger partial charge in [-0.15, -0.1) is 6.42 Å². The number of para-hydroxylation sites is 1. The lowest BCUT2D eigenvalue weighted by Gasteiger charge is -1.88. The van der Waals surface area contributed by atoms with Gasteiger partial charge in [0.2, 0.25) is 0 Å². The standard InChI is InChI=1S/C55H4.C7H5ClN2/c1-3-5-7-9-11-13-15-17-19-21-23-25-27-29-31-33-35-37-39-41-43-45-47-49-51-53-55-54-52-50-48-46-44-42-40-38-36-34-32-30-28-26-24-22-20-18-16-14-12-10-8-6-4-2;8-5-2-1-3-6-7(5)10-4-9-6/h1H,2H3;1-4H,(H,9,10). The average Bonchev–Trinajstić information content (AvgIpc) is 3.82. The van der Waals surface area contributed by atoms with Crippen LogP contribution in [0.15, 0.2) is 24.5 Å². The number of rotatable bonds is 0. The Morgan fingerprint density at radius 2 is 0.554 bits per heavy atom. The van der Waals surface area contributed by atoms with Crippen LogP contribution in [0.5, 0.6) is 0 Å². The van der Waals surface area contributed by atoms with Gasteiger partial charge in [-0.3, -0.25) is 0 Å². The lowest BCUT2D eigenvalue weighted by molar-refractivity contribution is 1.34. The molecule has 0 spiro atoms. The van der Waals surface area contributed by atoms with E-state index in [2.05, 4.69) is 324 Å². The minimum atomic E-state index is 0.693. The van der Waals surface area contributed by atoms with Gasteiger partial charge in [-0.05, 0) is 114 Å². The summed E-state index contributed by atoms with van der Waals surface area (Å²) in [5.41, 5.74) is 1.82. The molecule has 2 aromatic rings. The van der Waals surface area contributed by atoms with Crippen LogP contribution in [0.3, 0.4) is 0 Å². The summed E-state index contributed by atoms with van der Waals surface area (Å²) in [7, 11) is 0. The van der Waals surface area contributed by atoms with Crippen LogP contribution in [0, 0.1) is 320 Å². The molecule has 0 aliphatic rings. The van der Waals surface area contributed by atoms with E-state index in [4.69, 9.17) is 18.0 Å². The summed E-state index contributed by atoms with van der Waals surface area (Å²) in [4.78, 5) is 7.00. The molecule has 1 heterocycles. The van der Waals surface area contributed by atoms with Crippen molar-refractivity contribution in [3.63, 3.8) is 0 Å². The van der Waals surface area contributed by atoms with Gasteiger partial charge >= 0.3 is 0 Å². The Kier molecular flexibility index (Phi) is 32.6. The topological polar surface area (TPSA) is 28.7 Å². The van der Waals surface area contributed by atoms with Crippen molar-refractivity contribution < 1.29 is 0 Å². The van der Waals surface area contributed by atoms with Crippen LogP contribution in [-0.2, 0) is 0 Å². The molecule has 1 aromatic carbocycles. The molecule has 2 nitrogen and oxygen atoms in total. The lowest BCUT2D eigenvalue weighted by Crippen LogP contribution is -1.68. The van der Waals surface area contributed by atoms with Crippen LogP contribution in [-0.4, -0.2) is 9.97 Å². The van der Waals surface area contributed by atoms with Crippen molar-refractivity contribution in [1.29, 1.82) is 0 Å². The van der Waals surface area contributed by atoms with Crippen molar-refractivity contribution in [2.45, 2.75) is 6.92 Å². The number of nitrogens with zero attached hydrogens (tertiary/aromatic N) is 1. The number of terminal acetylenes is 1. The lowest BCUT2D eigenvalue weighted by atomic mass is 10.3. The zero-order valence-corrected chi connectivity index (χ0v) is 34.0. The summed E-state index contributed by atoms with van der Waals surface area (Å²) in [6.45, 7) is 1.69. The monoisotopic (exact) mass is 816 g/mol. The highest BCUT2D eigenvalue weighted by Gasteiger charge is 1.97. The van der Waals surface area contributed by atoms with Crippen LogP contribution in [0.1, 0.15) is 6.92 Å². The van der Waals surface area contributed by atoms with Crippen LogP contribution in [0.4, 0.5) is 0 Å². The molecule has 65 heavy (non-hydrogen) atoms. The van der Waals surface area contributed by atoms with Gasteiger partial charge in [0.25, 0.3) is 0 Å². The third-order valence-electron chi connectivity index (χ3n) is 4.72. The number of benzene rings is 1. The fourth-order valence-corrected chi connectivity index (χ4v) is 2.78. The summed E-state index contributed by atoms with van der Waals surface area (Å²) >= 11 is 5.82. The van der Waals surface area contributed by atoms with Gasteiger partial charge < -0.3 is 4.98 Å². The van der Waals surface area contributed by atoms with Crippen molar-refractivity contribution >= 4 is 22.6 Å². The highest BCUT2D eigenvalue weighted by Crippen LogP contribution is 2.18. The molecule has 0 aliphatic carbocycles. The normalized spacial score (nSPS) is 4.94. The second-order valence-corrected chi connectivity index (χ2v) is 9.22. The molecule has 0 fully saturated rings. The van der Waals surface area contributed by atoms with Crippen LogP contribution in [0.2, 0.25) is 5.02 Å². The van der Waals surface area contributed by atoms with Gasteiger partial charge in [-0.25, -0.2) is 4.98 Å². The predicted molar refractivity (Wildman–Crippen MR) is 258 cm³/mol. The largest absolute Gasteiger partial charge is 0.345 e. The Hall–Kier alpha value is -12.9. The number of hydrogen-bond acceptors (Lipinski definition) is 1. The molecule has 0 atom stereocenters. The molecule has 1 aromatic heterocycles. The smallest absolute Gasteiger partial charge is 0.107 e. The van der Waals surface area contributed by atoms with E-state index in [9.17, 15) is 0 Å². The first kappa shape index (κ1) is 50.1. The quantitative estimate of drug-likeness (QED) is 0.408. The van der Waals surface area contributed by atoms with Crippen molar-refractivity contribution in [2.24, 2.45) is 0 Å². The highest BCUT2D eigenvalue weighted by atomic mass is 35.5. The van der Waals surface area contributed by atoms with Gasteiger partial charge in [0, 0.05) is 213 Å².